The van der Waals surface area contributed by atoms with Gasteiger partial charge in [-0.3, -0.25) is 19.8 Å². The van der Waals surface area contributed by atoms with Crippen molar-refractivity contribution in [3.05, 3.63) is 94.0 Å². The number of thiocarbonyl (C=S) groups is 1. The van der Waals surface area contributed by atoms with E-state index < -0.39 is 11.8 Å². The van der Waals surface area contributed by atoms with Crippen molar-refractivity contribution < 1.29 is 19.1 Å². The Morgan fingerprint density at radius 1 is 1.00 bits per heavy atom. The summed E-state index contributed by atoms with van der Waals surface area (Å²) in [6.45, 7) is 0.387. The minimum absolute atomic E-state index is 0.0340. The Labute approximate surface area is 204 Å². The average molecular weight is 523 g/mol. The Hall–Kier alpha value is -3.49. The molecule has 1 fully saturated rings. The van der Waals surface area contributed by atoms with Gasteiger partial charge in [0, 0.05) is 4.47 Å². The summed E-state index contributed by atoms with van der Waals surface area (Å²) in [6.07, 6.45) is 1.51. The maximum Gasteiger partial charge on any atom is 0.270 e. The molecule has 0 aromatic heterocycles. The van der Waals surface area contributed by atoms with Gasteiger partial charge in [0.1, 0.15) is 12.2 Å². The number of ether oxygens (including phenoxy) is 2. The molecule has 1 aliphatic rings. The van der Waals surface area contributed by atoms with Gasteiger partial charge in [0.25, 0.3) is 11.8 Å². The molecule has 1 saturated heterocycles. The lowest BCUT2D eigenvalue weighted by Crippen LogP contribution is -2.54. The van der Waals surface area contributed by atoms with Gasteiger partial charge in [-0.2, -0.15) is 0 Å². The van der Waals surface area contributed by atoms with Gasteiger partial charge in [-0.15, -0.1) is 0 Å². The first-order valence-corrected chi connectivity index (χ1v) is 11.2. The zero-order valence-electron chi connectivity index (χ0n) is 17.6. The molecule has 0 radical (unpaired) electrons. The fraction of sp³-hybridized carbons (Fsp3) is 0.0800. The van der Waals surface area contributed by atoms with Gasteiger partial charge < -0.3 is 9.47 Å². The Morgan fingerprint density at radius 2 is 1.73 bits per heavy atom. The molecule has 0 aliphatic carbocycles. The highest BCUT2D eigenvalue weighted by molar-refractivity contribution is 9.10. The summed E-state index contributed by atoms with van der Waals surface area (Å²) < 4.78 is 12.2. The first kappa shape index (κ1) is 22.7. The van der Waals surface area contributed by atoms with E-state index in [9.17, 15) is 9.59 Å². The van der Waals surface area contributed by atoms with Crippen LogP contribution in [0.2, 0.25) is 0 Å². The molecule has 0 atom stereocenters. The van der Waals surface area contributed by atoms with Crippen molar-refractivity contribution in [2.75, 3.05) is 12.0 Å². The maximum atomic E-state index is 13.2. The van der Waals surface area contributed by atoms with E-state index in [0.717, 1.165) is 10.0 Å². The number of hydrogen-bond acceptors (Lipinski definition) is 5. The number of amides is 2. The van der Waals surface area contributed by atoms with E-state index in [2.05, 4.69) is 21.2 Å². The van der Waals surface area contributed by atoms with Crippen molar-refractivity contribution in [1.82, 2.24) is 5.32 Å². The first-order chi connectivity index (χ1) is 16.0. The van der Waals surface area contributed by atoms with Gasteiger partial charge in [0.05, 0.1) is 12.8 Å². The molecule has 1 aliphatic heterocycles. The number of anilines is 1. The minimum atomic E-state index is -0.554. The van der Waals surface area contributed by atoms with E-state index in [1.54, 1.807) is 42.5 Å². The van der Waals surface area contributed by atoms with Crippen molar-refractivity contribution in [1.29, 1.82) is 0 Å². The molecule has 1 heterocycles. The van der Waals surface area contributed by atoms with Gasteiger partial charge in [-0.1, -0.05) is 52.3 Å². The normalized spacial score (nSPS) is 14.9. The molecule has 166 valence electrons. The van der Waals surface area contributed by atoms with E-state index >= 15 is 0 Å². The first-order valence-electron chi connectivity index (χ1n) is 9.98. The summed E-state index contributed by atoms with van der Waals surface area (Å²) in [5.41, 5.74) is 2.16. The molecule has 1 N–H and O–H groups in total. The Bertz CT molecular complexity index is 1240. The number of nitrogens with zero attached hydrogens (tertiary/aromatic N) is 1. The molecule has 8 heteroatoms. The number of methoxy groups -OCH3 is 1. The van der Waals surface area contributed by atoms with Gasteiger partial charge in [0.2, 0.25) is 0 Å². The average Bonchev–Trinajstić information content (AvgIpc) is 2.82. The van der Waals surface area contributed by atoms with Gasteiger partial charge in [0.15, 0.2) is 16.6 Å². The third kappa shape index (κ3) is 5.13. The van der Waals surface area contributed by atoms with Crippen molar-refractivity contribution in [2.24, 2.45) is 0 Å². The molecule has 0 unspecified atom stereocenters. The van der Waals surface area contributed by atoms with E-state index in [-0.39, 0.29) is 10.7 Å². The highest BCUT2D eigenvalue weighted by Gasteiger charge is 2.34. The molecule has 6 nitrogen and oxygen atoms in total. The second-order valence-corrected chi connectivity index (χ2v) is 8.42. The molecule has 3 aromatic carbocycles. The summed E-state index contributed by atoms with van der Waals surface area (Å²) in [7, 11) is 1.54. The molecular weight excluding hydrogens is 504 g/mol. The number of carbonyl (C=O) groups excluding carboxylic acids is 2. The van der Waals surface area contributed by atoms with Crippen molar-refractivity contribution >= 4 is 56.8 Å². The molecular formula is C25H19BrN2O4S. The molecule has 2 amide bonds. The van der Waals surface area contributed by atoms with E-state index in [1.165, 1.54) is 18.1 Å². The third-order valence-electron chi connectivity index (χ3n) is 4.92. The predicted octanol–water partition coefficient (Wildman–Crippen LogP) is 4.87. The van der Waals surface area contributed by atoms with Crippen LogP contribution in [0.25, 0.3) is 6.08 Å². The van der Waals surface area contributed by atoms with Crippen LogP contribution in [0.5, 0.6) is 11.5 Å². The fourth-order valence-electron chi connectivity index (χ4n) is 3.28. The number of rotatable bonds is 6. The topological polar surface area (TPSA) is 67.9 Å². The highest BCUT2D eigenvalue weighted by atomic mass is 79.9. The number of nitrogens with one attached hydrogen (secondary N) is 1. The van der Waals surface area contributed by atoms with Gasteiger partial charge >= 0.3 is 0 Å². The number of hydrogen-bond donors (Lipinski definition) is 1. The van der Waals surface area contributed by atoms with Gasteiger partial charge in [-0.25, -0.2) is 0 Å². The quantitative estimate of drug-likeness (QED) is 0.284. The van der Waals surface area contributed by atoms with Crippen LogP contribution in [-0.2, 0) is 16.2 Å². The number of carbonyl (C=O) groups is 2. The lowest BCUT2D eigenvalue weighted by molar-refractivity contribution is -0.122. The lowest BCUT2D eigenvalue weighted by atomic mass is 10.1. The molecule has 0 spiro atoms. The second-order valence-electron chi connectivity index (χ2n) is 7.12. The van der Waals surface area contributed by atoms with Crippen LogP contribution in [-0.4, -0.2) is 24.0 Å². The lowest BCUT2D eigenvalue weighted by Gasteiger charge is -2.29. The van der Waals surface area contributed by atoms with Crippen LogP contribution in [0.3, 0.4) is 0 Å². The van der Waals surface area contributed by atoms with Crippen molar-refractivity contribution in [3.8, 4) is 11.5 Å². The summed E-state index contributed by atoms with van der Waals surface area (Å²) in [5, 5.41) is 2.62. The van der Waals surface area contributed by atoms with E-state index in [4.69, 9.17) is 21.7 Å². The standard InChI is InChI=1S/C25H19BrN2O4S/c1-31-22-14-17(7-12-21(22)32-15-16-5-3-2-4-6-16)13-20-23(29)27-25(33)28(24(20)30)19-10-8-18(26)9-11-19/h2-14H,15H2,1H3,(H,27,29,33)/b20-13+. The monoisotopic (exact) mass is 522 g/mol. The second kappa shape index (κ2) is 9.97. The molecule has 0 saturated carbocycles. The van der Waals surface area contributed by atoms with Crippen LogP contribution < -0.4 is 19.7 Å². The van der Waals surface area contributed by atoms with Crippen LogP contribution in [0.1, 0.15) is 11.1 Å². The fourth-order valence-corrected chi connectivity index (χ4v) is 3.82. The summed E-state index contributed by atoms with van der Waals surface area (Å²) in [5.74, 6) is -0.0130. The Kier molecular flexibility index (Phi) is 6.86. The number of benzene rings is 3. The molecule has 33 heavy (non-hydrogen) atoms. The van der Waals surface area contributed by atoms with Gasteiger partial charge in [-0.05, 0) is 65.8 Å². The van der Waals surface area contributed by atoms with Crippen molar-refractivity contribution in [3.63, 3.8) is 0 Å². The largest absolute Gasteiger partial charge is 0.493 e. The SMILES string of the molecule is COc1cc(/C=C2\C(=O)NC(=S)N(c3ccc(Br)cc3)C2=O)ccc1OCc1ccccc1. The number of halogens is 1. The summed E-state index contributed by atoms with van der Waals surface area (Å²) >= 11 is 8.61. The molecule has 4 rings (SSSR count). The summed E-state index contributed by atoms with van der Waals surface area (Å²) in [4.78, 5) is 27.0. The highest BCUT2D eigenvalue weighted by Crippen LogP contribution is 2.30. The third-order valence-corrected chi connectivity index (χ3v) is 5.74. The van der Waals surface area contributed by atoms with E-state index in [1.807, 2.05) is 30.3 Å². The summed E-state index contributed by atoms with van der Waals surface area (Å²) in [6, 6.07) is 22.1. The van der Waals surface area contributed by atoms with E-state index in [0.29, 0.717) is 29.4 Å². The zero-order valence-corrected chi connectivity index (χ0v) is 20.0. The van der Waals surface area contributed by atoms with Crippen LogP contribution in [0, 0.1) is 0 Å². The minimum Gasteiger partial charge on any atom is -0.493 e. The maximum absolute atomic E-state index is 13.2. The molecule has 0 bridgehead atoms. The zero-order chi connectivity index (χ0) is 23.4. The molecule has 3 aromatic rings. The van der Waals surface area contributed by atoms with Crippen LogP contribution in [0.15, 0.2) is 82.8 Å². The van der Waals surface area contributed by atoms with Crippen molar-refractivity contribution in [2.45, 2.75) is 6.61 Å². The van der Waals surface area contributed by atoms with Crippen LogP contribution >= 0.6 is 28.1 Å². The Balaban J connectivity index is 1.60. The smallest absolute Gasteiger partial charge is 0.270 e. The predicted molar refractivity (Wildman–Crippen MR) is 134 cm³/mol. The van der Waals surface area contributed by atoms with Crippen LogP contribution in [0.4, 0.5) is 5.69 Å². The Morgan fingerprint density at radius 3 is 2.42 bits per heavy atom.